The Hall–Kier alpha value is -2.34. The Bertz CT molecular complexity index is 714. The van der Waals surface area contributed by atoms with Crippen molar-refractivity contribution in [3.8, 4) is 0 Å². The minimum absolute atomic E-state index is 0.0598. The van der Waals surface area contributed by atoms with Crippen LogP contribution in [0.5, 0.6) is 0 Å². The van der Waals surface area contributed by atoms with Crippen LogP contribution < -0.4 is 16.0 Å². The first-order valence-electron chi connectivity index (χ1n) is 7.64. The van der Waals surface area contributed by atoms with Gasteiger partial charge in [0.05, 0.1) is 6.54 Å². The van der Waals surface area contributed by atoms with Crippen molar-refractivity contribution in [1.82, 2.24) is 0 Å². The van der Waals surface area contributed by atoms with E-state index in [4.69, 9.17) is 0 Å². The third kappa shape index (κ3) is 5.70. The topological polar surface area (TPSA) is 70.2 Å². The monoisotopic (exact) mass is 389 g/mol. The predicted molar refractivity (Wildman–Crippen MR) is 101 cm³/mol. The Morgan fingerprint density at radius 3 is 2.21 bits per heavy atom. The minimum atomic E-state index is -0.162. The molecule has 126 valence electrons. The van der Waals surface area contributed by atoms with Gasteiger partial charge in [0.1, 0.15) is 0 Å². The van der Waals surface area contributed by atoms with Gasteiger partial charge in [-0.25, -0.2) is 0 Å². The van der Waals surface area contributed by atoms with Gasteiger partial charge in [0, 0.05) is 27.5 Å². The second kappa shape index (κ2) is 8.49. The molecule has 0 aliphatic carbocycles. The molecule has 0 atom stereocenters. The summed E-state index contributed by atoms with van der Waals surface area (Å²) in [7, 11) is 0. The summed E-state index contributed by atoms with van der Waals surface area (Å²) < 4.78 is 0.984. The third-order valence-corrected chi connectivity index (χ3v) is 3.76. The largest absolute Gasteiger partial charge is 0.376 e. The van der Waals surface area contributed by atoms with Crippen LogP contribution in [0, 0.1) is 5.92 Å². The van der Waals surface area contributed by atoms with E-state index in [2.05, 4.69) is 31.9 Å². The van der Waals surface area contributed by atoms with Crippen molar-refractivity contribution in [2.24, 2.45) is 5.92 Å². The van der Waals surface area contributed by atoms with E-state index in [9.17, 15) is 9.59 Å². The zero-order valence-corrected chi connectivity index (χ0v) is 15.2. The van der Waals surface area contributed by atoms with Gasteiger partial charge in [0.15, 0.2) is 0 Å². The Balaban J connectivity index is 1.89. The molecular weight excluding hydrogens is 370 g/mol. The fourth-order valence-corrected chi connectivity index (χ4v) is 2.18. The highest BCUT2D eigenvalue weighted by Crippen LogP contribution is 2.16. The molecule has 0 saturated heterocycles. The number of benzene rings is 2. The quantitative estimate of drug-likeness (QED) is 0.696. The van der Waals surface area contributed by atoms with Crippen LogP contribution in [0.15, 0.2) is 53.0 Å². The molecule has 24 heavy (non-hydrogen) atoms. The SMILES string of the molecule is CC(C)C(=O)Nc1cccc(NC(=O)CNc2ccc(Br)cc2)c1. The number of hydrogen-bond acceptors (Lipinski definition) is 3. The molecule has 3 N–H and O–H groups in total. The van der Waals surface area contributed by atoms with Crippen LogP contribution in [-0.4, -0.2) is 18.4 Å². The Morgan fingerprint density at radius 2 is 1.58 bits per heavy atom. The summed E-state index contributed by atoms with van der Waals surface area (Å²) in [5, 5.41) is 8.66. The molecule has 0 aromatic heterocycles. The standard InChI is InChI=1S/C18H20BrN3O2/c1-12(2)18(24)22-16-5-3-4-15(10-16)21-17(23)11-20-14-8-6-13(19)7-9-14/h3-10,12,20H,11H2,1-2H3,(H,21,23)(H,22,24). The lowest BCUT2D eigenvalue weighted by Gasteiger charge is -2.11. The van der Waals surface area contributed by atoms with Gasteiger partial charge in [-0.15, -0.1) is 0 Å². The van der Waals surface area contributed by atoms with Gasteiger partial charge >= 0.3 is 0 Å². The molecule has 0 radical (unpaired) electrons. The van der Waals surface area contributed by atoms with Crippen molar-refractivity contribution in [2.75, 3.05) is 22.5 Å². The van der Waals surface area contributed by atoms with Crippen molar-refractivity contribution in [3.63, 3.8) is 0 Å². The molecule has 0 aliphatic rings. The van der Waals surface area contributed by atoms with E-state index in [0.717, 1.165) is 10.2 Å². The summed E-state index contributed by atoms with van der Waals surface area (Å²) in [6.45, 7) is 3.81. The second-order valence-electron chi connectivity index (χ2n) is 5.63. The van der Waals surface area contributed by atoms with Gasteiger partial charge in [-0.1, -0.05) is 35.8 Å². The van der Waals surface area contributed by atoms with Gasteiger partial charge in [-0.3, -0.25) is 9.59 Å². The van der Waals surface area contributed by atoms with Gasteiger partial charge in [0.2, 0.25) is 11.8 Å². The molecule has 5 nitrogen and oxygen atoms in total. The van der Waals surface area contributed by atoms with Crippen molar-refractivity contribution < 1.29 is 9.59 Å². The van der Waals surface area contributed by atoms with E-state index in [1.165, 1.54) is 0 Å². The first-order valence-corrected chi connectivity index (χ1v) is 8.43. The zero-order valence-electron chi connectivity index (χ0n) is 13.6. The van der Waals surface area contributed by atoms with Crippen molar-refractivity contribution >= 4 is 44.8 Å². The van der Waals surface area contributed by atoms with Crippen LogP contribution in [0.2, 0.25) is 0 Å². The van der Waals surface area contributed by atoms with Crippen molar-refractivity contribution in [1.29, 1.82) is 0 Å². The van der Waals surface area contributed by atoms with Crippen molar-refractivity contribution in [3.05, 3.63) is 53.0 Å². The van der Waals surface area contributed by atoms with Gasteiger partial charge in [-0.05, 0) is 42.5 Å². The fourth-order valence-electron chi connectivity index (χ4n) is 1.92. The number of nitrogens with one attached hydrogen (secondary N) is 3. The van der Waals surface area contributed by atoms with Crippen molar-refractivity contribution in [2.45, 2.75) is 13.8 Å². The number of hydrogen-bond donors (Lipinski definition) is 3. The van der Waals surface area contributed by atoms with Crippen LogP contribution in [0.25, 0.3) is 0 Å². The lowest BCUT2D eigenvalue weighted by atomic mass is 10.2. The molecule has 0 bridgehead atoms. The normalized spacial score (nSPS) is 10.3. The van der Waals surface area contributed by atoms with E-state index in [1.807, 2.05) is 38.1 Å². The number of carbonyl (C=O) groups excluding carboxylic acids is 2. The average molecular weight is 390 g/mol. The molecular formula is C18H20BrN3O2. The summed E-state index contributed by atoms with van der Waals surface area (Å²) in [5.74, 6) is -0.320. The maximum Gasteiger partial charge on any atom is 0.243 e. The second-order valence-corrected chi connectivity index (χ2v) is 6.55. The molecule has 0 saturated carbocycles. The molecule has 0 heterocycles. The number of rotatable bonds is 6. The smallest absolute Gasteiger partial charge is 0.243 e. The molecule has 6 heteroatoms. The van der Waals surface area contributed by atoms with E-state index in [1.54, 1.807) is 24.3 Å². The van der Waals surface area contributed by atoms with Crippen LogP contribution in [0.4, 0.5) is 17.1 Å². The zero-order chi connectivity index (χ0) is 17.5. The van der Waals surface area contributed by atoms with E-state index < -0.39 is 0 Å². The third-order valence-electron chi connectivity index (χ3n) is 3.24. The summed E-state index contributed by atoms with van der Waals surface area (Å²) in [5.41, 5.74) is 2.16. The van der Waals surface area contributed by atoms with E-state index in [0.29, 0.717) is 11.4 Å². The predicted octanol–water partition coefficient (Wildman–Crippen LogP) is 4.09. The van der Waals surface area contributed by atoms with Crippen LogP contribution >= 0.6 is 15.9 Å². The highest BCUT2D eigenvalue weighted by Gasteiger charge is 2.08. The average Bonchev–Trinajstić information content (AvgIpc) is 2.54. The Labute approximate surface area is 150 Å². The molecule has 2 rings (SSSR count). The molecule has 2 amide bonds. The number of halogens is 1. The number of carbonyl (C=O) groups is 2. The molecule has 0 fully saturated rings. The molecule has 0 spiro atoms. The first-order chi connectivity index (χ1) is 11.4. The lowest BCUT2D eigenvalue weighted by molar-refractivity contribution is -0.119. The number of anilines is 3. The number of amides is 2. The minimum Gasteiger partial charge on any atom is -0.376 e. The molecule has 2 aromatic rings. The van der Waals surface area contributed by atoms with Gasteiger partial charge in [0.25, 0.3) is 0 Å². The summed E-state index contributed by atoms with van der Waals surface area (Å²) in [4.78, 5) is 23.7. The van der Waals surface area contributed by atoms with Gasteiger partial charge in [-0.2, -0.15) is 0 Å². The highest BCUT2D eigenvalue weighted by atomic mass is 79.9. The Morgan fingerprint density at radius 1 is 0.958 bits per heavy atom. The highest BCUT2D eigenvalue weighted by molar-refractivity contribution is 9.10. The van der Waals surface area contributed by atoms with Crippen LogP contribution in [-0.2, 0) is 9.59 Å². The maximum absolute atomic E-state index is 12.0. The molecule has 0 aliphatic heterocycles. The summed E-state index contributed by atoms with van der Waals surface area (Å²) in [6, 6.07) is 14.7. The van der Waals surface area contributed by atoms with Crippen LogP contribution in [0.1, 0.15) is 13.8 Å². The Kier molecular flexibility index (Phi) is 6.37. The molecule has 0 unspecified atom stereocenters. The van der Waals surface area contributed by atoms with E-state index in [-0.39, 0.29) is 24.3 Å². The first kappa shape index (κ1) is 18.0. The fraction of sp³-hybridized carbons (Fsp3) is 0.222. The van der Waals surface area contributed by atoms with Crippen LogP contribution in [0.3, 0.4) is 0 Å². The van der Waals surface area contributed by atoms with E-state index >= 15 is 0 Å². The lowest BCUT2D eigenvalue weighted by Crippen LogP contribution is -2.22. The maximum atomic E-state index is 12.0. The van der Waals surface area contributed by atoms with Gasteiger partial charge < -0.3 is 16.0 Å². The molecule has 2 aromatic carbocycles. The summed E-state index contributed by atoms with van der Waals surface area (Å²) >= 11 is 3.37. The summed E-state index contributed by atoms with van der Waals surface area (Å²) in [6.07, 6.45) is 0.